The minimum absolute atomic E-state index is 0.0615. The molecule has 110 valence electrons. The molecule has 0 aromatic carbocycles. The second kappa shape index (κ2) is 5.21. The van der Waals surface area contributed by atoms with Crippen LogP contribution in [0.1, 0.15) is 5.56 Å². The molecule has 0 unspecified atom stereocenters. The molecule has 0 radical (unpaired) electrons. The maximum absolute atomic E-state index is 13.0. The third-order valence-corrected chi connectivity index (χ3v) is 3.98. The lowest BCUT2D eigenvalue weighted by Gasteiger charge is -2.43. The molecular formula is C13H17F3N4. The van der Waals surface area contributed by atoms with Gasteiger partial charge in [-0.15, -0.1) is 0 Å². The average Bonchev–Trinajstić information content (AvgIpc) is 2.37. The fourth-order valence-electron chi connectivity index (χ4n) is 2.70. The second-order valence-corrected chi connectivity index (χ2v) is 5.21. The van der Waals surface area contributed by atoms with E-state index in [4.69, 9.17) is 0 Å². The van der Waals surface area contributed by atoms with Gasteiger partial charge in [0.05, 0.1) is 5.56 Å². The SMILES string of the molecule is FC(F)(F)c1cccnc1N1CCN(C2CNC2)CC1. The quantitative estimate of drug-likeness (QED) is 0.885. The largest absolute Gasteiger partial charge is 0.419 e. The second-order valence-electron chi connectivity index (χ2n) is 5.21. The third-order valence-electron chi connectivity index (χ3n) is 3.98. The van der Waals surface area contributed by atoms with Crippen LogP contribution in [-0.4, -0.2) is 55.2 Å². The molecule has 0 atom stereocenters. The first-order chi connectivity index (χ1) is 9.55. The third kappa shape index (κ3) is 2.60. The van der Waals surface area contributed by atoms with Crippen LogP contribution < -0.4 is 10.2 Å². The Labute approximate surface area is 115 Å². The number of nitrogens with zero attached hydrogens (tertiary/aromatic N) is 3. The Morgan fingerprint density at radius 3 is 2.40 bits per heavy atom. The number of piperazine rings is 1. The molecule has 0 spiro atoms. The summed E-state index contributed by atoms with van der Waals surface area (Å²) in [6.07, 6.45) is -2.93. The van der Waals surface area contributed by atoms with Crippen LogP contribution in [0.4, 0.5) is 19.0 Å². The van der Waals surface area contributed by atoms with Gasteiger partial charge in [-0.25, -0.2) is 4.98 Å². The standard InChI is InChI=1S/C13H17F3N4/c14-13(15,16)11-2-1-3-18-12(11)20-6-4-19(5-7-20)10-8-17-9-10/h1-3,10,17H,4-9H2. The van der Waals surface area contributed by atoms with Crippen LogP contribution >= 0.6 is 0 Å². The van der Waals surface area contributed by atoms with Crippen LogP contribution in [0.5, 0.6) is 0 Å². The van der Waals surface area contributed by atoms with Crippen molar-refractivity contribution in [3.63, 3.8) is 0 Å². The number of alkyl halides is 3. The first-order valence-corrected chi connectivity index (χ1v) is 6.77. The van der Waals surface area contributed by atoms with E-state index >= 15 is 0 Å². The zero-order valence-corrected chi connectivity index (χ0v) is 11.0. The highest BCUT2D eigenvalue weighted by Gasteiger charge is 2.36. The van der Waals surface area contributed by atoms with Gasteiger partial charge < -0.3 is 10.2 Å². The predicted octanol–water partition coefficient (Wildman–Crippen LogP) is 1.19. The Morgan fingerprint density at radius 1 is 1.15 bits per heavy atom. The highest BCUT2D eigenvalue weighted by molar-refractivity contribution is 5.48. The number of hydrogen-bond acceptors (Lipinski definition) is 4. The molecule has 3 rings (SSSR count). The van der Waals surface area contributed by atoms with Gasteiger partial charge in [-0.1, -0.05) is 0 Å². The summed E-state index contributed by atoms with van der Waals surface area (Å²) in [6, 6.07) is 2.98. The maximum atomic E-state index is 13.0. The molecule has 2 aliphatic heterocycles. The Morgan fingerprint density at radius 2 is 1.85 bits per heavy atom. The average molecular weight is 286 g/mol. The zero-order chi connectivity index (χ0) is 14.2. The molecular weight excluding hydrogens is 269 g/mol. The number of rotatable bonds is 2. The predicted molar refractivity (Wildman–Crippen MR) is 69.7 cm³/mol. The molecule has 1 aromatic heterocycles. The van der Waals surface area contributed by atoms with Crippen molar-refractivity contribution in [3.05, 3.63) is 23.9 Å². The molecule has 2 fully saturated rings. The fourth-order valence-corrected chi connectivity index (χ4v) is 2.70. The van der Waals surface area contributed by atoms with Crippen LogP contribution in [0.25, 0.3) is 0 Å². The molecule has 0 aliphatic carbocycles. The van der Waals surface area contributed by atoms with Crippen LogP contribution in [-0.2, 0) is 6.18 Å². The molecule has 2 saturated heterocycles. The topological polar surface area (TPSA) is 31.4 Å². The maximum Gasteiger partial charge on any atom is 0.419 e. The van der Waals surface area contributed by atoms with Gasteiger partial charge in [0, 0.05) is 51.5 Å². The Kier molecular flexibility index (Phi) is 3.55. The van der Waals surface area contributed by atoms with Crippen LogP contribution in [0.3, 0.4) is 0 Å². The normalized spacial score (nSPS) is 21.9. The van der Waals surface area contributed by atoms with Crippen LogP contribution in [0.2, 0.25) is 0 Å². The first-order valence-electron chi connectivity index (χ1n) is 6.77. The van der Waals surface area contributed by atoms with E-state index in [0.717, 1.165) is 32.2 Å². The summed E-state index contributed by atoms with van der Waals surface area (Å²) in [7, 11) is 0. The van der Waals surface area contributed by atoms with Crippen LogP contribution in [0, 0.1) is 0 Å². The van der Waals surface area contributed by atoms with Gasteiger partial charge in [0.2, 0.25) is 0 Å². The van der Waals surface area contributed by atoms with Gasteiger partial charge in [0.25, 0.3) is 0 Å². The number of anilines is 1. The lowest BCUT2D eigenvalue weighted by atomic mass is 10.1. The van der Waals surface area contributed by atoms with Gasteiger partial charge in [0.1, 0.15) is 5.82 Å². The van der Waals surface area contributed by atoms with E-state index in [1.54, 1.807) is 4.90 Å². The van der Waals surface area contributed by atoms with Crippen molar-refractivity contribution in [2.24, 2.45) is 0 Å². The summed E-state index contributed by atoms with van der Waals surface area (Å²) in [4.78, 5) is 8.03. The highest BCUT2D eigenvalue weighted by atomic mass is 19.4. The summed E-state index contributed by atoms with van der Waals surface area (Å²) >= 11 is 0. The number of nitrogens with one attached hydrogen (secondary N) is 1. The first kappa shape index (κ1) is 13.6. The molecule has 7 heteroatoms. The van der Waals surface area contributed by atoms with Crippen molar-refractivity contribution in [1.29, 1.82) is 0 Å². The van der Waals surface area contributed by atoms with E-state index in [1.807, 2.05) is 0 Å². The number of hydrogen-bond donors (Lipinski definition) is 1. The lowest BCUT2D eigenvalue weighted by molar-refractivity contribution is -0.137. The summed E-state index contributed by atoms with van der Waals surface area (Å²) in [6.45, 7) is 4.74. The molecule has 4 nitrogen and oxygen atoms in total. The summed E-state index contributed by atoms with van der Waals surface area (Å²) < 4.78 is 39.0. The Bertz CT molecular complexity index is 465. The van der Waals surface area contributed by atoms with Gasteiger partial charge in [-0.05, 0) is 12.1 Å². The zero-order valence-electron chi connectivity index (χ0n) is 11.0. The Hall–Kier alpha value is -1.34. The molecule has 0 amide bonds. The van der Waals surface area contributed by atoms with Crippen molar-refractivity contribution in [3.8, 4) is 0 Å². The molecule has 0 saturated carbocycles. The minimum atomic E-state index is -4.35. The monoisotopic (exact) mass is 286 g/mol. The van der Waals surface area contributed by atoms with Gasteiger partial charge in [0.15, 0.2) is 0 Å². The summed E-state index contributed by atoms with van der Waals surface area (Å²) in [5.41, 5.74) is -0.640. The van der Waals surface area contributed by atoms with E-state index in [9.17, 15) is 13.2 Å². The van der Waals surface area contributed by atoms with Crippen molar-refractivity contribution in [1.82, 2.24) is 15.2 Å². The van der Waals surface area contributed by atoms with Crippen molar-refractivity contribution in [2.45, 2.75) is 12.2 Å². The molecule has 1 aromatic rings. The fraction of sp³-hybridized carbons (Fsp3) is 0.615. The van der Waals surface area contributed by atoms with Gasteiger partial charge in [-0.2, -0.15) is 13.2 Å². The van der Waals surface area contributed by atoms with E-state index in [-0.39, 0.29) is 5.82 Å². The molecule has 3 heterocycles. The van der Waals surface area contributed by atoms with Crippen molar-refractivity contribution >= 4 is 5.82 Å². The van der Waals surface area contributed by atoms with E-state index in [1.165, 1.54) is 12.3 Å². The Balaban J connectivity index is 1.71. The minimum Gasteiger partial charge on any atom is -0.354 e. The highest BCUT2D eigenvalue weighted by Crippen LogP contribution is 2.35. The van der Waals surface area contributed by atoms with E-state index in [0.29, 0.717) is 19.1 Å². The smallest absolute Gasteiger partial charge is 0.354 e. The van der Waals surface area contributed by atoms with E-state index in [2.05, 4.69) is 15.2 Å². The molecule has 2 aliphatic rings. The van der Waals surface area contributed by atoms with E-state index < -0.39 is 11.7 Å². The molecule has 1 N–H and O–H groups in total. The van der Waals surface area contributed by atoms with Crippen molar-refractivity contribution < 1.29 is 13.2 Å². The molecule has 0 bridgehead atoms. The molecule has 20 heavy (non-hydrogen) atoms. The van der Waals surface area contributed by atoms with Crippen LogP contribution in [0.15, 0.2) is 18.3 Å². The number of aromatic nitrogens is 1. The van der Waals surface area contributed by atoms with Crippen molar-refractivity contribution in [2.75, 3.05) is 44.2 Å². The lowest BCUT2D eigenvalue weighted by Crippen LogP contribution is -2.61. The number of halogens is 3. The summed E-state index contributed by atoms with van der Waals surface area (Å²) in [5.74, 6) is 0.0615. The number of pyridine rings is 1. The van der Waals surface area contributed by atoms with Gasteiger partial charge in [-0.3, -0.25) is 4.90 Å². The summed E-state index contributed by atoms with van der Waals surface area (Å²) in [5, 5.41) is 3.21. The van der Waals surface area contributed by atoms with Gasteiger partial charge >= 0.3 is 6.18 Å².